The van der Waals surface area contributed by atoms with Crippen LogP contribution in [0.25, 0.3) is 0 Å². The number of aromatic nitrogens is 2. The second-order valence-electron chi connectivity index (χ2n) is 4.53. The van der Waals surface area contributed by atoms with Gasteiger partial charge >= 0.3 is 0 Å². The molecule has 0 bridgehead atoms. The Kier molecular flexibility index (Phi) is 4.57. The van der Waals surface area contributed by atoms with E-state index in [0.29, 0.717) is 10.7 Å². The number of hydrogen-bond donors (Lipinski definition) is 1. The predicted octanol–water partition coefficient (Wildman–Crippen LogP) is 2.76. The maximum atomic E-state index is 12.1. The number of carbonyl (C=O) groups is 2. The molecule has 1 heterocycles. The first-order valence-corrected chi connectivity index (χ1v) is 7.10. The zero-order valence-electron chi connectivity index (χ0n) is 11.3. The highest BCUT2D eigenvalue weighted by Crippen LogP contribution is 2.14. The first kappa shape index (κ1) is 14.3. The van der Waals surface area contributed by atoms with Crippen LogP contribution < -0.4 is 5.32 Å². The minimum Gasteiger partial charge on any atom is -0.301 e. The van der Waals surface area contributed by atoms with Gasteiger partial charge in [-0.2, -0.15) is 0 Å². The third-order valence-corrected chi connectivity index (χ3v) is 3.49. The summed E-state index contributed by atoms with van der Waals surface area (Å²) in [5.74, 6) is -0.237. The van der Waals surface area contributed by atoms with Gasteiger partial charge in [-0.3, -0.25) is 9.59 Å². The fourth-order valence-electron chi connectivity index (χ4n) is 1.81. The quantitative estimate of drug-likeness (QED) is 0.859. The molecule has 5 nitrogen and oxygen atoms in total. The SMILES string of the molecule is Cc1ccc(C)c(C(=O)CCC(=O)Nc2nncs2)c1. The van der Waals surface area contributed by atoms with Gasteiger partial charge in [0.05, 0.1) is 0 Å². The molecule has 104 valence electrons. The summed E-state index contributed by atoms with van der Waals surface area (Å²) in [5.41, 5.74) is 4.20. The number of rotatable bonds is 5. The molecule has 1 aromatic carbocycles. The van der Waals surface area contributed by atoms with Crippen molar-refractivity contribution in [1.29, 1.82) is 0 Å². The molecule has 0 saturated carbocycles. The maximum Gasteiger partial charge on any atom is 0.226 e. The number of amides is 1. The second-order valence-corrected chi connectivity index (χ2v) is 5.37. The molecule has 0 fully saturated rings. The molecule has 2 aromatic rings. The minimum atomic E-state index is -0.222. The first-order chi connectivity index (χ1) is 9.56. The molecule has 0 aliphatic carbocycles. The smallest absolute Gasteiger partial charge is 0.226 e. The van der Waals surface area contributed by atoms with E-state index < -0.39 is 0 Å². The lowest BCUT2D eigenvalue weighted by Crippen LogP contribution is -2.13. The van der Waals surface area contributed by atoms with Crippen LogP contribution in [-0.4, -0.2) is 21.9 Å². The van der Waals surface area contributed by atoms with Crippen molar-refractivity contribution in [1.82, 2.24) is 10.2 Å². The molecule has 6 heteroatoms. The van der Waals surface area contributed by atoms with Crippen LogP contribution in [-0.2, 0) is 4.79 Å². The summed E-state index contributed by atoms with van der Waals surface area (Å²) >= 11 is 1.25. The predicted molar refractivity (Wildman–Crippen MR) is 78.0 cm³/mol. The lowest BCUT2D eigenvalue weighted by atomic mass is 9.99. The average molecular weight is 289 g/mol. The molecule has 0 atom stereocenters. The third-order valence-electron chi connectivity index (χ3n) is 2.88. The Labute approximate surface area is 121 Å². The lowest BCUT2D eigenvalue weighted by molar-refractivity contribution is -0.116. The van der Waals surface area contributed by atoms with Gasteiger partial charge in [0.25, 0.3) is 0 Å². The molecule has 2 rings (SSSR count). The molecule has 0 spiro atoms. The molecule has 0 aliphatic heterocycles. The fraction of sp³-hybridized carbons (Fsp3) is 0.286. The molecular weight excluding hydrogens is 274 g/mol. The van der Waals surface area contributed by atoms with E-state index in [0.717, 1.165) is 11.1 Å². The monoisotopic (exact) mass is 289 g/mol. The van der Waals surface area contributed by atoms with Crippen molar-refractivity contribution in [2.24, 2.45) is 0 Å². The van der Waals surface area contributed by atoms with Crippen molar-refractivity contribution in [2.45, 2.75) is 26.7 Å². The van der Waals surface area contributed by atoms with Gasteiger partial charge in [0.15, 0.2) is 5.78 Å². The number of nitrogens with zero attached hydrogens (tertiary/aromatic N) is 2. The first-order valence-electron chi connectivity index (χ1n) is 6.23. The molecule has 1 amide bonds. The molecule has 0 radical (unpaired) electrons. The van der Waals surface area contributed by atoms with Gasteiger partial charge in [0.2, 0.25) is 11.0 Å². The summed E-state index contributed by atoms with van der Waals surface area (Å²) in [6, 6.07) is 5.75. The van der Waals surface area contributed by atoms with Gasteiger partial charge in [0, 0.05) is 18.4 Å². The van der Waals surface area contributed by atoms with Crippen molar-refractivity contribution < 1.29 is 9.59 Å². The van der Waals surface area contributed by atoms with Crippen molar-refractivity contribution in [3.8, 4) is 0 Å². The van der Waals surface area contributed by atoms with Gasteiger partial charge in [-0.15, -0.1) is 10.2 Å². The van der Waals surface area contributed by atoms with Gasteiger partial charge < -0.3 is 5.32 Å². The molecule has 0 saturated heterocycles. The Balaban J connectivity index is 1.92. The van der Waals surface area contributed by atoms with Gasteiger partial charge in [-0.1, -0.05) is 29.0 Å². The standard InChI is InChI=1S/C14H15N3O2S/c1-9-3-4-10(2)11(7-9)12(18)5-6-13(19)16-14-17-15-8-20-14/h3-4,7-8H,5-6H2,1-2H3,(H,16,17,19). The van der Waals surface area contributed by atoms with Crippen LogP contribution >= 0.6 is 11.3 Å². The summed E-state index contributed by atoms with van der Waals surface area (Å²) in [7, 11) is 0. The van der Waals surface area contributed by atoms with Crippen molar-refractivity contribution in [3.05, 3.63) is 40.4 Å². The van der Waals surface area contributed by atoms with Crippen LogP contribution in [0.15, 0.2) is 23.7 Å². The van der Waals surface area contributed by atoms with Crippen LogP contribution in [0.3, 0.4) is 0 Å². The van der Waals surface area contributed by atoms with Gasteiger partial charge in [-0.25, -0.2) is 0 Å². The number of benzene rings is 1. The van der Waals surface area contributed by atoms with E-state index in [2.05, 4.69) is 15.5 Å². The highest BCUT2D eigenvalue weighted by molar-refractivity contribution is 7.13. The van der Waals surface area contributed by atoms with Crippen LogP contribution in [0.4, 0.5) is 5.13 Å². The van der Waals surface area contributed by atoms with E-state index in [-0.39, 0.29) is 24.5 Å². The average Bonchev–Trinajstić information content (AvgIpc) is 2.91. The number of hydrogen-bond acceptors (Lipinski definition) is 5. The number of nitrogens with one attached hydrogen (secondary N) is 1. The molecule has 1 aromatic heterocycles. The summed E-state index contributed by atoms with van der Waals surface area (Å²) in [4.78, 5) is 23.8. The van der Waals surface area contributed by atoms with E-state index in [4.69, 9.17) is 0 Å². The zero-order valence-corrected chi connectivity index (χ0v) is 12.2. The third kappa shape index (κ3) is 3.71. The largest absolute Gasteiger partial charge is 0.301 e. The minimum absolute atomic E-state index is 0.0152. The van der Waals surface area contributed by atoms with E-state index in [9.17, 15) is 9.59 Å². The van der Waals surface area contributed by atoms with Crippen molar-refractivity contribution >= 4 is 28.2 Å². The van der Waals surface area contributed by atoms with Crippen LogP contribution in [0.1, 0.15) is 34.3 Å². The summed E-state index contributed by atoms with van der Waals surface area (Å²) in [6.45, 7) is 3.84. The normalized spacial score (nSPS) is 10.3. The van der Waals surface area contributed by atoms with Gasteiger partial charge in [-0.05, 0) is 25.5 Å². The number of ketones is 1. The highest BCUT2D eigenvalue weighted by Gasteiger charge is 2.12. The molecule has 1 N–H and O–H groups in total. The zero-order chi connectivity index (χ0) is 14.5. The number of aryl methyl sites for hydroxylation is 2. The Morgan fingerprint density at radius 2 is 2.05 bits per heavy atom. The fourth-order valence-corrected chi connectivity index (χ4v) is 2.27. The summed E-state index contributed by atoms with van der Waals surface area (Å²) in [5, 5.41) is 10.4. The Hall–Kier alpha value is -2.08. The Morgan fingerprint density at radius 3 is 2.75 bits per heavy atom. The number of anilines is 1. The summed E-state index contributed by atoms with van der Waals surface area (Å²) < 4.78 is 0. The van der Waals surface area contributed by atoms with Crippen LogP contribution in [0, 0.1) is 13.8 Å². The van der Waals surface area contributed by atoms with Crippen molar-refractivity contribution in [2.75, 3.05) is 5.32 Å². The van der Waals surface area contributed by atoms with Gasteiger partial charge in [0.1, 0.15) is 5.51 Å². The summed E-state index contributed by atoms with van der Waals surface area (Å²) in [6.07, 6.45) is 0.334. The van der Waals surface area contributed by atoms with E-state index >= 15 is 0 Å². The Morgan fingerprint density at radius 1 is 1.25 bits per heavy atom. The molecule has 0 aliphatic rings. The second kappa shape index (κ2) is 6.38. The number of Topliss-reactive ketones (excluding diaryl/α,β-unsaturated/α-hetero) is 1. The van der Waals surface area contributed by atoms with Crippen molar-refractivity contribution in [3.63, 3.8) is 0 Å². The van der Waals surface area contributed by atoms with E-state index in [1.165, 1.54) is 16.8 Å². The van der Waals surface area contributed by atoms with E-state index in [1.54, 1.807) is 0 Å². The number of carbonyl (C=O) groups excluding carboxylic acids is 2. The van der Waals surface area contributed by atoms with E-state index in [1.807, 2.05) is 32.0 Å². The highest BCUT2D eigenvalue weighted by atomic mass is 32.1. The van der Waals surface area contributed by atoms with Crippen LogP contribution in [0.5, 0.6) is 0 Å². The molecule has 0 unspecified atom stereocenters. The maximum absolute atomic E-state index is 12.1. The molecular formula is C14H15N3O2S. The lowest BCUT2D eigenvalue weighted by Gasteiger charge is -2.06. The Bertz CT molecular complexity index is 623. The molecule has 20 heavy (non-hydrogen) atoms. The topological polar surface area (TPSA) is 72.0 Å². The van der Waals surface area contributed by atoms with Crippen LogP contribution in [0.2, 0.25) is 0 Å².